The summed E-state index contributed by atoms with van der Waals surface area (Å²) in [6.07, 6.45) is 7.77. The molecule has 16 heavy (non-hydrogen) atoms. The van der Waals surface area contributed by atoms with Gasteiger partial charge in [-0.15, -0.1) is 0 Å². The van der Waals surface area contributed by atoms with Crippen LogP contribution in [0.3, 0.4) is 0 Å². The highest BCUT2D eigenvalue weighted by Crippen LogP contribution is 2.18. The Bertz CT molecular complexity index is 564. The molecule has 0 atom stereocenters. The van der Waals surface area contributed by atoms with Crippen LogP contribution in [0.25, 0.3) is 16.8 Å². The Kier molecular flexibility index (Phi) is 2.07. The van der Waals surface area contributed by atoms with Gasteiger partial charge in [0.25, 0.3) is 0 Å². The average molecular weight is 209 g/mol. The van der Waals surface area contributed by atoms with E-state index in [1.165, 1.54) is 0 Å². The highest BCUT2D eigenvalue weighted by molar-refractivity contribution is 5.61. The zero-order valence-corrected chi connectivity index (χ0v) is 8.67. The third-order valence-corrected chi connectivity index (χ3v) is 2.53. The summed E-state index contributed by atoms with van der Waals surface area (Å²) in [5.41, 5.74) is 3.34. The van der Waals surface area contributed by atoms with E-state index < -0.39 is 0 Å². The Morgan fingerprint density at radius 2 is 1.88 bits per heavy atom. The molecule has 0 amide bonds. The van der Waals surface area contributed by atoms with Gasteiger partial charge in [-0.25, -0.2) is 4.68 Å². The molecule has 0 bridgehead atoms. The van der Waals surface area contributed by atoms with Crippen molar-refractivity contribution in [3.8, 4) is 16.8 Å². The maximum atomic E-state index is 4.35. The van der Waals surface area contributed by atoms with Gasteiger partial charge in [-0.3, -0.25) is 0 Å². The van der Waals surface area contributed by atoms with Crippen LogP contribution < -0.4 is 0 Å². The minimum Gasteiger partial charge on any atom is -0.367 e. The lowest BCUT2D eigenvalue weighted by atomic mass is 10.2. The van der Waals surface area contributed by atoms with Crippen LogP contribution in [0.2, 0.25) is 0 Å². The summed E-state index contributed by atoms with van der Waals surface area (Å²) in [5, 5.41) is 4.35. The average Bonchev–Trinajstić information content (AvgIpc) is 3.01. The monoisotopic (exact) mass is 209 g/mol. The summed E-state index contributed by atoms with van der Waals surface area (Å²) in [6, 6.07) is 12.1. The van der Waals surface area contributed by atoms with Gasteiger partial charge in [0.15, 0.2) is 0 Å². The Morgan fingerprint density at radius 3 is 2.62 bits per heavy atom. The second kappa shape index (κ2) is 3.70. The van der Waals surface area contributed by atoms with E-state index in [0.29, 0.717) is 0 Å². The molecule has 0 aliphatic carbocycles. The highest BCUT2D eigenvalue weighted by atomic mass is 15.3. The van der Waals surface area contributed by atoms with E-state index in [-0.39, 0.29) is 0 Å². The number of H-pyrrole nitrogens is 1. The van der Waals surface area contributed by atoms with Crippen molar-refractivity contribution in [1.82, 2.24) is 14.8 Å². The number of nitrogens with zero attached hydrogens (tertiary/aromatic N) is 2. The fraction of sp³-hybridized carbons (Fsp3) is 0. The van der Waals surface area contributed by atoms with E-state index in [4.69, 9.17) is 0 Å². The quantitative estimate of drug-likeness (QED) is 0.691. The molecule has 3 nitrogen and oxygen atoms in total. The lowest BCUT2D eigenvalue weighted by molar-refractivity contribution is 0.881. The first-order valence-corrected chi connectivity index (χ1v) is 5.17. The second-order valence-electron chi connectivity index (χ2n) is 3.61. The normalized spacial score (nSPS) is 10.5. The van der Waals surface area contributed by atoms with Crippen LogP contribution in [-0.2, 0) is 0 Å². The summed E-state index contributed by atoms with van der Waals surface area (Å²) < 4.78 is 1.88. The molecule has 1 N–H and O–H groups in total. The Balaban J connectivity index is 2.00. The summed E-state index contributed by atoms with van der Waals surface area (Å²) in [4.78, 5) is 3.04. The predicted molar refractivity (Wildman–Crippen MR) is 63.4 cm³/mol. The topological polar surface area (TPSA) is 33.6 Å². The van der Waals surface area contributed by atoms with Gasteiger partial charge in [0.1, 0.15) is 0 Å². The van der Waals surface area contributed by atoms with Crippen molar-refractivity contribution < 1.29 is 0 Å². The number of rotatable bonds is 2. The van der Waals surface area contributed by atoms with Crippen molar-refractivity contribution in [1.29, 1.82) is 0 Å². The third kappa shape index (κ3) is 1.52. The number of hydrogen-bond donors (Lipinski definition) is 1. The molecule has 2 heterocycles. The standard InChI is InChI=1S/C13H11N3/c1-2-4-13(5-3-1)16-10-12(9-15-16)11-6-7-14-8-11/h1-10,14H. The van der Waals surface area contributed by atoms with E-state index >= 15 is 0 Å². The SMILES string of the molecule is c1ccc(-n2cc(-c3cc[nH]c3)cn2)cc1. The van der Waals surface area contributed by atoms with E-state index in [0.717, 1.165) is 16.8 Å². The van der Waals surface area contributed by atoms with E-state index in [2.05, 4.69) is 10.1 Å². The number of hydrogen-bond acceptors (Lipinski definition) is 1. The zero-order chi connectivity index (χ0) is 10.8. The minimum absolute atomic E-state index is 1.07. The second-order valence-corrected chi connectivity index (χ2v) is 3.61. The predicted octanol–water partition coefficient (Wildman–Crippen LogP) is 2.87. The molecule has 2 aromatic heterocycles. The fourth-order valence-corrected chi connectivity index (χ4v) is 1.70. The van der Waals surface area contributed by atoms with Crippen molar-refractivity contribution in [2.75, 3.05) is 0 Å². The van der Waals surface area contributed by atoms with Gasteiger partial charge in [0.05, 0.1) is 11.9 Å². The maximum absolute atomic E-state index is 4.35. The molecule has 3 heteroatoms. The first kappa shape index (κ1) is 8.97. The van der Waals surface area contributed by atoms with Crippen LogP contribution in [0.5, 0.6) is 0 Å². The van der Waals surface area contributed by atoms with Crippen molar-refractivity contribution >= 4 is 0 Å². The third-order valence-electron chi connectivity index (χ3n) is 2.53. The van der Waals surface area contributed by atoms with Gasteiger partial charge in [0, 0.05) is 29.7 Å². The van der Waals surface area contributed by atoms with Crippen LogP contribution in [0, 0.1) is 0 Å². The number of para-hydroxylation sites is 1. The highest BCUT2D eigenvalue weighted by Gasteiger charge is 2.02. The van der Waals surface area contributed by atoms with Crippen LogP contribution in [0.15, 0.2) is 61.2 Å². The molecular weight excluding hydrogens is 198 g/mol. The van der Waals surface area contributed by atoms with Gasteiger partial charge >= 0.3 is 0 Å². The first-order valence-electron chi connectivity index (χ1n) is 5.17. The van der Waals surface area contributed by atoms with E-state index in [9.17, 15) is 0 Å². The van der Waals surface area contributed by atoms with E-state index in [1.807, 2.05) is 65.9 Å². The Hall–Kier alpha value is -2.29. The van der Waals surface area contributed by atoms with Crippen LogP contribution in [-0.4, -0.2) is 14.8 Å². The van der Waals surface area contributed by atoms with Crippen molar-refractivity contribution in [3.63, 3.8) is 0 Å². The molecule has 0 radical (unpaired) electrons. The Morgan fingerprint density at radius 1 is 1.00 bits per heavy atom. The molecule has 78 valence electrons. The number of nitrogens with one attached hydrogen (secondary N) is 1. The van der Waals surface area contributed by atoms with Crippen LogP contribution in [0.1, 0.15) is 0 Å². The smallest absolute Gasteiger partial charge is 0.0645 e. The van der Waals surface area contributed by atoms with Crippen molar-refractivity contribution in [2.24, 2.45) is 0 Å². The van der Waals surface area contributed by atoms with Gasteiger partial charge in [-0.05, 0) is 18.2 Å². The molecule has 0 aliphatic heterocycles. The van der Waals surface area contributed by atoms with Gasteiger partial charge in [0.2, 0.25) is 0 Å². The van der Waals surface area contributed by atoms with Gasteiger partial charge in [-0.1, -0.05) is 18.2 Å². The molecule has 0 spiro atoms. The number of aromatic nitrogens is 3. The fourth-order valence-electron chi connectivity index (χ4n) is 1.70. The summed E-state index contributed by atoms with van der Waals surface area (Å²) in [6.45, 7) is 0. The molecular formula is C13H11N3. The molecule has 1 aromatic carbocycles. The maximum Gasteiger partial charge on any atom is 0.0645 e. The number of benzene rings is 1. The van der Waals surface area contributed by atoms with Crippen molar-refractivity contribution in [2.45, 2.75) is 0 Å². The first-order chi connectivity index (χ1) is 7.93. The molecule has 3 rings (SSSR count). The molecule has 0 unspecified atom stereocenters. The summed E-state index contributed by atoms with van der Waals surface area (Å²) in [7, 11) is 0. The number of aromatic amines is 1. The minimum atomic E-state index is 1.07. The van der Waals surface area contributed by atoms with Crippen molar-refractivity contribution in [3.05, 3.63) is 61.2 Å². The lowest BCUT2D eigenvalue weighted by Gasteiger charge is -1.98. The van der Waals surface area contributed by atoms with Crippen LogP contribution in [0.4, 0.5) is 0 Å². The lowest BCUT2D eigenvalue weighted by Crippen LogP contribution is -1.92. The Labute approximate surface area is 93.4 Å². The van der Waals surface area contributed by atoms with Gasteiger partial charge in [-0.2, -0.15) is 5.10 Å². The zero-order valence-electron chi connectivity index (χ0n) is 8.67. The largest absolute Gasteiger partial charge is 0.367 e. The van der Waals surface area contributed by atoms with Gasteiger partial charge < -0.3 is 4.98 Å². The summed E-state index contributed by atoms with van der Waals surface area (Å²) in [5.74, 6) is 0. The van der Waals surface area contributed by atoms with Crippen LogP contribution >= 0.6 is 0 Å². The van der Waals surface area contributed by atoms with E-state index in [1.54, 1.807) is 0 Å². The molecule has 3 aromatic rings. The molecule has 0 saturated carbocycles. The molecule has 0 fully saturated rings. The molecule has 0 saturated heterocycles. The molecule has 0 aliphatic rings. The summed E-state index contributed by atoms with van der Waals surface area (Å²) >= 11 is 0.